The van der Waals surface area contributed by atoms with Crippen molar-refractivity contribution < 1.29 is 29.0 Å². The molecular formula is C26H30O6. The maximum absolute atomic E-state index is 14.1. The Morgan fingerprint density at radius 3 is 2.50 bits per heavy atom. The van der Waals surface area contributed by atoms with Crippen LogP contribution in [-0.4, -0.2) is 39.6 Å². The standard InChI is InChI=1S/C26H30O6/c1-22(2)16(28)6-8-23(3)19-15(27)11-24(4)14(13-7-9-31-12-13)10-17-26(24,32-17)25(19,5)21(30)18(29)20(22)23/h6-9,12,14-15,17,19,27,29H,10-11H2,1-5H3/t14-,15-,17+,19+,23-,24-,25-,26+/m0/s1. The first-order valence-corrected chi connectivity index (χ1v) is 11.5. The minimum Gasteiger partial charge on any atom is -0.504 e. The van der Waals surface area contributed by atoms with Gasteiger partial charge < -0.3 is 19.4 Å². The molecule has 32 heavy (non-hydrogen) atoms. The van der Waals surface area contributed by atoms with Crippen molar-refractivity contribution in [3.8, 4) is 0 Å². The van der Waals surface area contributed by atoms with Gasteiger partial charge in [0.25, 0.3) is 0 Å². The van der Waals surface area contributed by atoms with Crippen molar-refractivity contribution in [2.75, 3.05) is 0 Å². The first-order valence-electron chi connectivity index (χ1n) is 11.5. The summed E-state index contributed by atoms with van der Waals surface area (Å²) >= 11 is 0. The summed E-state index contributed by atoms with van der Waals surface area (Å²) in [5.74, 6) is -1.33. The van der Waals surface area contributed by atoms with Crippen LogP contribution < -0.4 is 0 Å². The Morgan fingerprint density at radius 1 is 1.12 bits per heavy atom. The molecule has 1 aromatic heterocycles. The summed E-state index contributed by atoms with van der Waals surface area (Å²) in [6.45, 7) is 9.42. The van der Waals surface area contributed by atoms with E-state index < -0.39 is 45.1 Å². The van der Waals surface area contributed by atoms with E-state index in [2.05, 4.69) is 6.92 Å². The Balaban J connectivity index is 1.60. The van der Waals surface area contributed by atoms with E-state index in [1.165, 1.54) is 0 Å². The number of Topliss-reactive ketones (excluding diaryl/α,β-unsaturated/α-hetero) is 1. The number of aliphatic hydroxyl groups excluding tert-OH is 2. The molecule has 0 unspecified atom stereocenters. The van der Waals surface area contributed by atoms with Crippen molar-refractivity contribution in [3.63, 3.8) is 0 Å². The summed E-state index contributed by atoms with van der Waals surface area (Å²) < 4.78 is 11.8. The third-order valence-corrected chi connectivity index (χ3v) is 10.1. The van der Waals surface area contributed by atoms with Crippen molar-refractivity contribution in [2.45, 2.75) is 71.2 Å². The molecule has 1 spiro atoms. The maximum Gasteiger partial charge on any atom is 0.206 e. The van der Waals surface area contributed by atoms with Crippen LogP contribution >= 0.6 is 0 Å². The summed E-state index contributed by atoms with van der Waals surface area (Å²) in [6, 6.07) is 1.95. The second-order valence-electron chi connectivity index (χ2n) is 11.7. The first-order chi connectivity index (χ1) is 14.9. The van der Waals surface area contributed by atoms with Gasteiger partial charge in [0, 0.05) is 16.7 Å². The molecule has 4 aliphatic carbocycles. The molecule has 0 aromatic carbocycles. The number of ether oxygens (including phenoxy) is 1. The van der Waals surface area contributed by atoms with Crippen LogP contribution in [0, 0.1) is 27.6 Å². The van der Waals surface area contributed by atoms with Gasteiger partial charge in [0.15, 0.2) is 11.5 Å². The molecule has 1 saturated heterocycles. The van der Waals surface area contributed by atoms with E-state index in [1.807, 2.05) is 19.9 Å². The Hall–Kier alpha value is -2.18. The number of fused-ring (bicyclic) bond motifs is 3. The molecule has 170 valence electrons. The molecule has 2 saturated carbocycles. The molecule has 2 heterocycles. The van der Waals surface area contributed by atoms with E-state index in [0.717, 1.165) is 12.0 Å². The SMILES string of the molecule is CC1(C)C(=O)C=C[C@]2(C)C1=C(O)C(=O)[C@]1(C)[C@@H]2[C@@H](O)C[C@@]2(C)[C@H](c3ccoc3)C[C@H]3O[C@]321. The van der Waals surface area contributed by atoms with E-state index in [9.17, 15) is 19.8 Å². The largest absolute Gasteiger partial charge is 0.504 e. The number of aliphatic hydroxyl groups is 2. The van der Waals surface area contributed by atoms with Gasteiger partial charge in [-0.05, 0) is 62.8 Å². The highest BCUT2D eigenvalue weighted by molar-refractivity contribution is 6.06. The minimum absolute atomic E-state index is 0.0838. The Bertz CT molecular complexity index is 1130. The first kappa shape index (κ1) is 20.4. The average Bonchev–Trinajstić information content (AvgIpc) is 3.08. The van der Waals surface area contributed by atoms with Crippen LogP contribution in [0.1, 0.15) is 58.9 Å². The number of carbonyl (C=O) groups is 2. The van der Waals surface area contributed by atoms with Crippen molar-refractivity contribution >= 4 is 11.6 Å². The molecule has 6 rings (SSSR count). The zero-order chi connectivity index (χ0) is 23.1. The number of rotatable bonds is 1. The van der Waals surface area contributed by atoms with Crippen molar-refractivity contribution in [2.24, 2.45) is 27.6 Å². The molecular weight excluding hydrogens is 408 g/mol. The van der Waals surface area contributed by atoms with Crippen molar-refractivity contribution in [1.29, 1.82) is 0 Å². The van der Waals surface area contributed by atoms with Gasteiger partial charge in [-0.2, -0.15) is 0 Å². The highest BCUT2D eigenvalue weighted by Gasteiger charge is 2.88. The summed E-state index contributed by atoms with van der Waals surface area (Å²) in [5.41, 5.74) is -2.82. The van der Waals surface area contributed by atoms with Crippen LogP contribution in [0.15, 0.2) is 46.5 Å². The predicted octanol–water partition coefficient (Wildman–Crippen LogP) is 3.86. The third-order valence-electron chi connectivity index (χ3n) is 10.1. The summed E-state index contributed by atoms with van der Waals surface area (Å²) in [7, 11) is 0. The molecule has 1 aliphatic heterocycles. The number of ketones is 2. The molecule has 0 radical (unpaired) electrons. The highest BCUT2D eigenvalue weighted by atomic mass is 16.6. The van der Waals surface area contributed by atoms with Crippen LogP contribution in [0.25, 0.3) is 0 Å². The lowest BCUT2D eigenvalue weighted by Gasteiger charge is -2.63. The van der Waals surface area contributed by atoms with Gasteiger partial charge in [-0.1, -0.05) is 19.9 Å². The number of epoxide rings is 1. The lowest BCUT2D eigenvalue weighted by atomic mass is 9.38. The molecule has 0 amide bonds. The fourth-order valence-electron chi connectivity index (χ4n) is 8.95. The number of hydrogen-bond donors (Lipinski definition) is 2. The van der Waals surface area contributed by atoms with Gasteiger partial charge in [-0.25, -0.2) is 0 Å². The molecule has 1 aromatic rings. The fourth-order valence-corrected chi connectivity index (χ4v) is 8.95. The molecule has 3 fully saturated rings. The molecule has 6 heteroatoms. The van der Waals surface area contributed by atoms with Gasteiger partial charge in [0.05, 0.1) is 35.6 Å². The fraction of sp³-hybridized carbons (Fsp3) is 0.615. The van der Waals surface area contributed by atoms with Crippen molar-refractivity contribution in [1.82, 2.24) is 0 Å². The van der Waals surface area contributed by atoms with Gasteiger partial charge in [-0.15, -0.1) is 0 Å². The van der Waals surface area contributed by atoms with Crippen LogP contribution in [0.4, 0.5) is 0 Å². The van der Waals surface area contributed by atoms with E-state index in [1.54, 1.807) is 38.5 Å². The van der Waals surface area contributed by atoms with Crippen LogP contribution in [-0.2, 0) is 14.3 Å². The predicted molar refractivity (Wildman–Crippen MR) is 115 cm³/mol. The van der Waals surface area contributed by atoms with Gasteiger partial charge >= 0.3 is 0 Å². The van der Waals surface area contributed by atoms with Crippen LogP contribution in [0.5, 0.6) is 0 Å². The summed E-state index contributed by atoms with van der Waals surface area (Å²) in [5, 5.41) is 23.1. The molecule has 5 aliphatic rings. The average molecular weight is 439 g/mol. The van der Waals surface area contributed by atoms with E-state index in [4.69, 9.17) is 9.15 Å². The Morgan fingerprint density at radius 2 is 1.84 bits per heavy atom. The second-order valence-corrected chi connectivity index (χ2v) is 11.7. The quantitative estimate of drug-likeness (QED) is 0.646. The van der Waals surface area contributed by atoms with E-state index in [0.29, 0.717) is 12.0 Å². The smallest absolute Gasteiger partial charge is 0.206 e. The second kappa shape index (κ2) is 5.48. The zero-order valence-electron chi connectivity index (χ0n) is 19.1. The number of allylic oxidation sites excluding steroid dienone is 4. The van der Waals surface area contributed by atoms with Gasteiger partial charge in [-0.3, -0.25) is 9.59 Å². The lowest BCUT2D eigenvalue weighted by Crippen LogP contribution is -2.70. The molecule has 0 bridgehead atoms. The number of furan rings is 1. The topological polar surface area (TPSA) is 100 Å². The monoisotopic (exact) mass is 438 g/mol. The minimum atomic E-state index is -1.13. The molecule has 8 atom stereocenters. The zero-order valence-corrected chi connectivity index (χ0v) is 19.1. The Kier molecular flexibility index (Phi) is 3.50. The normalized spacial score (nSPS) is 50.6. The maximum atomic E-state index is 14.1. The molecule has 6 nitrogen and oxygen atoms in total. The highest BCUT2D eigenvalue weighted by Crippen LogP contribution is 2.81. The van der Waals surface area contributed by atoms with E-state index in [-0.39, 0.29) is 23.6 Å². The summed E-state index contributed by atoms with van der Waals surface area (Å²) in [4.78, 5) is 26.8. The van der Waals surface area contributed by atoms with E-state index >= 15 is 0 Å². The van der Waals surface area contributed by atoms with Gasteiger partial charge in [0.1, 0.15) is 5.60 Å². The molecule has 2 N–H and O–H groups in total. The lowest BCUT2D eigenvalue weighted by molar-refractivity contribution is -0.187. The number of carbonyl (C=O) groups excluding carboxylic acids is 2. The Labute approximate surface area is 187 Å². The van der Waals surface area contributed by atoms with Crippen LogP contribution in [0.3, 0.4) is 0 Å². The number of hydrogen-bond acceptors (Lipinski definition) is 6. The van der Waals surface area contributed by atoms with Crippen LogP contribution in [0.2, 0.25) is 0 Å². The summed E-state index contributed by atoms with van der Waals surface area (Å²) in [6.07, 6.45) is 7.02. The third kappa shape index (κ3) is 1.82. The van der Waals surface area contributed by atoms with Gasteiger partial charge in [0.2, 0.25) is 5.78 Å². The van der Waals surface area contributed by atoms with Crippen molar-refractivity contribution in [3.05, 3.63) is 47.6 Å².